The van der Waals surface area contributed by atoms with Crippen LogP contribution in [0.25, 0.3) is 11.1 Å². The van der Waals surface area contributed by atoms with Gasteiger partial charge >= 0.3 is 0 Å². The molecule has 21 heavy (non-hydrogen) atoms. The Bertz CT molecular complexity index is 734. The lowest BCUT2D eigenvalue weighted by molar-refractivity contribution is 0.0996. The number of amides is 1. The molecule has 2 N–H and O–H groups in total. The van der Waals surface area contributed by atoms with E-state index in [1.54, 1.807) is 0 Å². The monoisotopic (exact) mass is 385 g/mol. The highest BCUT2D eigenvalue weighted by Crippen LogP contribution is 2.48. The molecule has 8 heteroatoms. The van der Waals surface area contributed by atoms with Crippen molar-refractivity contribution in [1.82, 2.24) is 0 Å². The number of carbonyl (C=O) groups excluding carboxylic acids is 1. The highest BCUT2D eigenvalue weighted by molar-refractivity contribution is 6.56. The second-order valence-corrected chi connectivity index (χ2v) is 5.89. The molecule has 1 amide bonds. The first-order valence-corrected chi connectivity index (χ1v) is 7.25. The van der Waals surface area contributed by atoms with E-state index in [2.05, 4.69) is 0 Å². The Hall–Kier alpha value is -0.710. The van der Waals surface area contributed by atoms with Gasteiger partial charge in [0.25, 0.3) is 5.91 Å². The maximum absolute atomic E-state index is 13.5. The van der Waals surface area contributed by atoms with Crippen molar-refractivity contribution in [2.75, 3.05) is 0 Å². The summed E-state index contributed by atoms with van der Waals surface area (Å²) in [4.78, 5) is 11.2. The molecule has 0 spiro atoms. The molecular weight excluding hydrogens is 382 g/mol. The van der Waals surface area contributed by atoms with Crippen molar-refractivity contribution in [3.63, 3.8) is 0 Å². The van der Waals surface area contributed by atoms with Gasteiger partial charge in [0, 0.05) is 5.56 Å². The maximum Gasteiger partial charge on any atom is 0.251 e. The fourth-order valence-corrected chi connectivity index (χ4v) is 3.08. The van der Waals surface area contributed by atoms with Crippen molar-refractivity contribution in [2.24, 2.45) is 5.73 Å². The molecule has 0 bridgehead atoms. The third kappa shape index (κ3) is 2.94. The van der Waals surface area contributed by atoms with Gasteiger partial charge in [0.1, 0.15) is 5.82 Å². The molecule has 0 saturated heterocycles. The molecule has 0 unspecified atom stereocenters. The van der Waals surface area contributed by atoms with Crippen molar-refractivity contribution in [1.29, 1.82) is 0 Å². The quantitative estimate of drug-likeness (QED) is 0.509. The first-order chi connectivity index (χ1) is 9.75. The van der Waals surface area contributed by atoms with E-state index in [-0.39, 0.29) is 36.2 Å². The predicted octanol–water partition coefficient (Wildman–Crippen LogP) is 5.86. The molecule has 0 aliphatic carbocycles. The molecule has 2 rings (SSSR count). The zero-order valence-electron chi connectivity index (χ0n) is 9.99. The summed E-state index contributed by atoms with van der Waals surface area (Å²) >= 11 is 30.1. The second kappa shape index (κ2) is 6.19. The third-order valence-electron chi connectivity index (χ3n) is 2.73. The van der Waals surface area contributed by atoms with E-state index < -0.39 is 11.7 Å². The van der Waals surface area contributed by atoms with Crippen LogP contribution in [-0.4, -0.2) is 5.91 Å². The molecular formula is C13H5Cl5FNO. The SMILES string of the molecule is NC(=O)c1cc(-c2c(Cl)c(Cl)c(Cl)c(Cl)c2Cl)ccc1F. The Labute approximate surface area is 144 Å². The number of benzene rings is 2. The van der Waals surface area contributed by atoms with Crippen LogP contribution in [0.15, 0.2) is 18.2 Å². The predicted molar refractivity (Wildman–Crippen MR) is 85.4 cm³/mol. The van der Waals surface area contributed by atoms with Gasteiger partial charge in [0.2, 0.25) is 0 Å². The van der Waals surface area contributed by atoms with Crippen LogP contribution in [0.5, 0.6) is 0 Å². The lowest BCUT2D eigenvalue weighted by Gasteiger charge is -2.13. The molecule has 0 atom stereocenters. The summed E-state index contributed by atoms with van der Waals surface area (Å²) in [5.41, 5.74) is 5.37. The van der Waals surface area contributed by atoms with Gasteiger partial charge in [-0.25, -0.2) is 4.39 Å². The van der Waals surface area contributed by atoms with Crippen molar-refractivity contribution in [3.8, 4) is 11.1 Å². The molecule has 0 aliphatic heterocycles. The Morgan fingerprint density at radius 3 is 1.86 bits per heavy atom. The van der Waals surface area contributed by atoms with Crippen molar-refractivity contribution in [3.05, 3.63) is 54.7 Å². The van der Waals surface area contributed by atoms with E-state index in [1.165, 1.54) is 12.1 Å². The van der Waals surface area contributed by atoms with Gasteiger partial charge in [-0.05, 0) is 17.7 Å². The van der Waals surface area contributed by atoms with Crippen LogP contribution in [0.2, 0.25) is 25.1 Å². The highest BCUT2D eigenvalue weighted by atomic mass is 35.5. The first-order valence-electron chi connectivity index (χ1n) is 5.36. The number of hydrogen-bond donors (Lipinski definition) is 1. The lowest BCUT2D eigenvalue weighted by Crippen LogP contribution is -2.13. The minimum absolute atomic E-state index is 0.00711. The normalized spacial score (nSPS) is 10.8. The lowest BCUT2D eigenvalue weighted by atomic mass is 10.0. The number of nitrogens with two attached hydrogens (primary N) is 1. The standard InChI is InChI=1S/C13H5Cl5FNO/c14-8-7(9(15)11(17)12(18)10(8)16)4-1-2-6(19)5(3-4)13(20)21/h1-3H,(H2,20,21). The number of halogens is 6. The zero-order valence-corrected chi connectivity index (χ0v) is 13.8. The number of primary amides is 1. The first kappa shape index (κ1) is 16.7. The van der Waals surface area contributed by atoms with Gasteiger partial charge in [-0.1, -0.05) is 64.1 Å². The minimum atomic E-state index is -0.923. The summed E-state index contributed by atoms with van der Waals surface area (Å²) in [5.74, 6) is -1.68. The summed E-state index contributed by atoms with van der Waals surface area (Å²) in [6.45, 7) is 0. The van der Waals surface area contributed by atoms with E-state index in [9.17, 15) is 9.18 Å². The number of carbonyl (C=O) groups is 1. The average Bonchev–Trinajstić information content (AvgIpc) is 2.44. The van der Waals surface area contributed by atoms with Crippen molar-refractivity contribution < 1.29 is 9.18 Å². The van der Waals surface area contributed by atoms with E-state index in [0.29, 0.717) is 5.56 Å². The summed E-state index contributed by atoms with van der Waals surface area (Å²) in [6, 6.07) is 3.65. The molecule has 0 fully saturated rings. The third-order valence-corrected chi connectivity index (χ3v) is 5.01. The van der Waals surface area contributed by atoms with E-state index >= 15 is 0 Å². The molecule has 0 heterocycles. The van der Waals surface area contributed by atoms with Crippen LogP contribution < -0.4 is 5.73 Å². The van der Waals surface area contributed by atoms with Crippen LogP contribution in [-0.2, 0) is 0 Å². The van der Waals surface area contributed by atoms with Crippen LogP contribution in [0.4, 0.5) is 4.39 Å². The van der Waals surface area contributed by atoms with Gasteiger partial charge < -0.3 is 5.73 Å². The van der Waals surface area contributed by atoms with Crippen molar-refractivity contribution >= 4 is 63.9 Å². The number of hydrogen-bond acceptors (Lipinski definition) is 1. The summed E-state index contributed by atoms with van der Waals surface area (Å²) < 4.78 is 13.5. The van der Waals surface area contributed by atoms with Crippen LogP contribution in [0.1, 0.15) is 10.4 Å². The van der Waals surface area contributed by atoms with Crippen molar-refractivity contribution in [2.45, 2.75) is 0 Å². The van der Waals surface area contributed by atoms with E-state index in [4.69, 9.17) is 63.7 Å². The van der Waals surface area contributed by atoms with Gasteiger partial charge in [0.05, 0.1) is 30.7 Å². The summed E-state index contributed by atoms with van der Waals surface area (Å²) in [5, 5.41) is 0.103. The molecule has 0 radical (unpaired) electrons. The fourth-order valence-electron chi connectivity index (χ4n) is 1.73. The highest BCUT2D eigenvalue weighted by Gasteiger charge is 2.21. The van der Waals surface area contributed by atoms with Crippen LogP contribution >= 0.6 is 58.0 Å². The Morgan fingerprint density at radius 1 is 0.905 bits per heavy atom. The minimum Gasteiger partial charge on any atom is -0.366 e. The van der Waals surface area contributed by atoms with Gasteiger partial charge in [-0.3, -0.25) is 4.79 Å². The van der Waals surface area contributed by atoms with E-state index in [1.807, 2.05) is 0 Å². The zero-order chi connectivity index (χ0) is 15.9. The molecule has 0 aliphatic rings. The topological polar surface area (TPSA) is 43.1 Å². The Morgan fingerprint density at radius 2 is 1.38 bits per heavy atom. The van der Waals surface area contributed by atoms with Gasteiger partial charge in [-0.2, -0.15) is 0 Å². The molecule has 2 aromatic rings. The van der Waals surface area contributed by atoms with Crippen LogP contribution in [0.3, 0.4) is 0 Å². The Balaban J connectivity index is 2.80. The largest absolute Gasteiger partial charge is 0.366 e. The summed E-state index contributed by atoms with van der Waals surface area (Å²) in [7, 11) is 0. The number of rotatable bonds is 2. The molecule has 0 saturated carbocycles. The molecule has 110 valence electrons. The molecule has 2 nitrogen and oxygen atoms in total. The fraction of sp³-hybridized carbons (Fsp3) is 0. The Kier molecular flexibility index (Phi) is 4.91. The summed E-state index contributed by atoms with van der Waals surface area (Å²) in [6.07, 6.45) is 0. The van der Waals surface area contributed by atoms with Crippen LogP contribution in [0, 0.1) is 5.82 Å². The maximum atomic E-state index is 13.5. The smallest absolute Gasteiger partial charge is 0.251 e. The van der Waals surface area contributed by atoms with Gasteiger partial charge in [0.15, 0.2) is 0 Å². The molecule has 2 aromatic carbocycles. The van der Waals surface area contributed by atoms with Gasteiger partial charge in [-0.15, -0.1) is 0 Å². The average molecular weight is 387 g/mol. The van der Waals surface area contributed by atoms with E-state index in [0.717, 1.165) is 6.07 Å². The molecule has 0 aromatic heterocycles. The second-order valence-electron chi connectivity index (χ2n) is 4.00.